The van der Waals surface area contributed by atoms with E-state index in [-0.39, 0.29) is 0 Å². The SMILES string of the molecule is C[C@H]1[C@H]2[C@@H]3CC[C@@H](C3)[C@H]2N1c1ccccc1. The molecule has 0 spiro atoms. The van der Waals surface area contributed by atoms with E-state index in [1.165, 1.54) is 24.9 Å². The van der Waals surface area contributed by atoms with Crippen molar-refractivity contribution in [3.05, 3.63) is 30.3 Å². The zero-order valence-corrected chi connectivity index (χ0v) is 9.84. The Morgan fingerprint density at radius 2 is 1.81 bits per heavy atom. The van der Waals surface area contributed by atoms with Crippen LogP contribution in [0.3, 0.4) is 0 Å². The van der Waals surface area contributed by atoms with Crippen LogP contribution in [0.2, 0.25) is 0 Å². The number of para-hydroxylation sites is 1. The van der Waals surface area contributed by atoms with E-state index in [2.05, 4.69) is 42.2 Å². The van der Waals surface area contributed by atoms with Crippen LogP contribution in [0, 0.1) is 17.8 Å². The average Bonchev–Trinajstić information content (AvgIpc) is 2.87. The maximum atomic E-state index is 2.69. The second-order valence-corrected chi connectivity index (χ2v) is 5.88. The Morgan fingerprint density at radius 1 is 1.06 bits per heavy atom. The molecule has 3 aliphatic rings. The Hall–Kier alpha value is -0.980. The third-order valence-corrected chi connectivity index (χ3v) is 5.31. The normalized spacial score (nSPS) is 44.3. The first-order valence-corrected chi connectivity index (χ1v) is 6.69. The van der Waals surface area contributed by atoms with Gasteiger partial charge in [0.2, 0.25) is 0 Å². The zero-order chi connectivity index (χ0) is 10.7. The van der Waals surface area contributed by atoms with Crippen LogP contribution < -0.4 is 4.90 Å². The smallest absolute Gasteiger partial charge is 0.0371 e. The molecule has 1 heteroatoms. The van der Waals surface area contributed by atoms with Crippen molar-refractivity contribution in [1.82, 2.24) is 0 Å². The number of anilines is 1. The first-order valence-electron chi connectivity index (χ1n) is 6.69. The molecule has 1 aliphatic heterocycles. The Bertz CT molecular complexity index is 399. The number of rotatable bonds is 1. The Balaban J connectivity index is 1.68. The number of hydrogen-bond donors (Lipinski definition) is 0. The second-order valence-electron chi connectivity index (χ2n) is 5.88. The van der Waals surface area contributed by atoms with Crippen LogP contribution in [0.1, 0.15) is 26.2 Å². The first kappa shape index (κ1) is 9.09. The topological polar surface area (TPSA) is 3.24 Å². The van der Waals surface area contributed by atoms with Gasteiger partial charge in [-0.2, -0.15) is 0 Å². The molecule has 1 saturated heterocycles. The summed E-state index contributed by atoms with van der Waals surface area (Å²) in [4.78, 5) is 2.69. The van der Waals surface area contributed by atoms with Gasteiger partial charge in [0, 0.05) is 23.7 Å². The maximum Gasteiger partial charge on any atom is 0.0371 e. The molecule has 0 radical (unpaired) electrons. The van der Waals surface area contributed by atoms with Gasteiger partial charge in [0.25, 0.3) is 0 Å². The highest BCUT2D eigenvalue weighted by Crippen LogP contribution is 2.59. The molecule has 1 heterocycles. The lowest BCUT2D eigenvalue weighted by atomic mass is 9.71. The van der Waals surface area contributed by atoms with Gasteiger partial charge in [-0.25, -0.2) is 0 Å². The van der Waals surface area contributed by atoms with Gasteiger partial charge in [-0.3, -0.25) is 0 Å². The summed E-state index contributed by atoms with van der Waals surface area (Å²) in [7, 11) is 0. The summed E-state index contributed by atoms with van der Waals surface area (Å²) in [5.41, 5.74) is 1.45. The third kappa shape index (κ3) is 0.971. The molecule has 5 atom stereocenters. The quantitative estimate of drug-likeness (QED) is 0.692. The van der Waals surface area contributed by atoms with E-state index in [0.717, 1.165) is 29.8 Å². The Kier molecular flexibility index (Phi) is 1.72. The van der Waals surface area contributed by atoms with Gasteiger partial charge < -0.3 is 4.90 Å². The van der Waals surface area contributed by atoms with Crippen LogP contribution in [0.25, 0.3) is 0 Å². The molecule has 2 saturated carbocycles. The molecule has 2 bridgehead atoms. The van der Waals surface area contributed by atoms with Crippen molar-refractivity contribution < 1.29 is 0 Å². The van der Waals surface area contributed by atoms with Crippen LogP contribution >= 0.6 is 0 Å². The molecule has 0 aromatic heterocycles. The predicted molar refractivity (Wildman–Crippen MR) is 66.5 cm³/mol. The number of fused-ring (bicyclic) bond motifs is 5. The van der Waals surface area contributed by atoms with Crippen molar-refractivity contribution in [3.8, 4) is 0 Å². The van der Waals surface area contributed by atoms with Crippen molar-refractivity contribution in [2.24, 2.45) is 17.8 Å². The highest BCUT2D eigenvalue weighted by molar-refractivity contribution is 5.53. The van der Waals surface area contributed by atoms with Crippen molar-refractivity contribution in [2.75, 3.05) is 4.90 Å². The fourth-order valence-electron chi connectivity index (χ4n) is 4.76. The van der Waals surface area contributed by atoms with Gasteiger partial charge in [0.05, 0.1) is 0 Å². The van der Waals surface area contributed by atoms with E-state index in [9.17, 15) is 0 Å². The molecule has 1 nitrogen and oxygen atoms in total. The summed E-state index contributed by atoms with van der Waals surface area (Å²) < 4.78 is 0. The zero-order valence-electron chi connectivity index (χ0n) is 9.84. The van der Waals surface area contributed by atoms with Crippen molar-refractivity contribution in [1.29, 1.82) is 0 Å². The van der Waals surface area contributed by atoms with E-state index in [4.69, 9.17) is 0 Å². The molecule has 0 amide bonds. The summed E-state index contributed by atoms with van der Waals surface area (Å²) in [6.07, 6.45) is 4.52. The van der Waals surface area contributed by atoms with Crippen LogP contribution in [0.5, 0.6) is 0 Å². The molecule has 0 N–H and O–H groups in total. The minimum Gasteiger partial charge on any atom is -0.365 e. The van der Waals surface area contributed by atoms with E-state index in [1.54, 1.807) is 0 Å². The van der Waals surface area contributed by atoms with Crippen molar-refractivity contribution in [3.63, 3.8) is 0 Å². The molecule has 4 rings (SSSR count). The summed E-state index contributed by atoms with van der Waals surface area (Å²) in [6, 6.07) is 12.7. The van der Waals surface area contributed by atoms with E-state index in [0.29, 0.717) is 0 Å². The van der Waals surface area contributed by atoms with E-state index >= 15 is 0 Å². The van der Waals surface area contributed by atoms with Crippen LogP contribution in [-0.4, -0.2) is 12.1 Å². The molecular weight excluding hydrogens is 194 g/mol. The third-order valence-electron chi connectivity index (χ3n) is 5.31. The minimum atomic E-state index is 0.780. The van der Waals surface area contributed by atoms with Gasteiger partial charge in [0.15, 0.2) is 0 Å². The lowest BCUT2D eigenvalue weighted by Gasteiger charge is -2.57. The lowest BCUT2D eigenvalue weighted by molar-refractivity contribution is 0.143. The molecule has 0 unspecified atom stereocenters. The monoisotopic (exact) mass is 213 g/mol. The summed E-state index contributed by atoms with van der Waals surface area (Å²) in [5.74, 6) is 3.08. The molecular formula is C15H19N. The predicted octanol–water partition coefficient (Wildman–Crippen LogP) is 3.31. The highest BCUT2D eigenvalue weighted by Gasteiger charge is 2.60. The Labute approximate surface area is 97.5 Å². The lowest BCUT2D eigenvalue weighted by Crippen LogP contribution is -2.65. The van der Waals surface area contributed by atoms with Crippen molar-refractivity contribution >= 4 is 5.69 Å². The summed E-state index contributed by atoms with van der Waals surface area (Å²) >= 11 is 0. The van der Waals surface area contributed by atoms with Gasteiger partial charge >= 0.3 is 0 Å². The minimum absolute atomic E-state index is 0.780. The summed E-state index contributed by atoms with van der Waals surface area (Å²) in [5, 5.41) is 0. The molecule has 1 aromatic rings. The second kappa shape index (κ2) is 3.03. The highest BCUT2D eigenvalue weighted by atomic mass is 15.3. The molecule has 2 aliphatic carbocycles. The molecule has 84 valence electrons. The van der Waals surface area contributed by atoms with Crippen LogP contribution in [-0.2, 0) is 0 Å². The van der Waals surface area contributed by atoms with Gasteiger partial charge in [0.1, 0.15) is 0 Å². The fraction of sp³-hybridized carbons (Fsp3) is 0.600. The van der Waals surface area contributed by atoms with E-state index < -0.39 is 0 Å². The average molecular weight is 213 g/mol. The fourth-order valence-corrected chi connectivity index (χ4v) is 4.76. The maximum absolute atomic E-state index is 2.69. The van der Waals surface area contributed by atoms with Gasteiger partial charge in [-0.1, -0.05) is 18.2 Å². The van der Waals surface area contributed by atoms with Gasteiger partial charge in [-0.15, -0.1) is 0 Å². The molecule has 1 aromatic carbocycles. The number of benzene rings is 1. The first-order chi connectivity index (χ1) is 7.86. The molecule has 3 fully saturated rings. The van der Waals surface area contributed by atoms with E-state index in [1.807, 2.05) is 0 Å². The number of hydrogen-bond acceptors (Lipinski definition) is 1. The van der Waals surface area contributed by atoms with Crippen molar-refractivity contribution in [2.45, 2.75) is 38.3 Å². The largest absolute Gasteiger partial charge is 0.365 e. The standard InChI is InChI=1S/C15H19N/c1-10-14-11-7-8-12(9-11)15(14)16(10)13-5-3-2-4-6-13/h2-6,10-12,14-15H,7-9H2,1H3/t10-,11+,12-,14-,15+/m0/s1. The van der Waals surface area contributed by atoms with Gasteiger partial charge in [-0.05, 0) is 50.2 Å². The van der Waals surface area contributed by atoms with Crippen LogP contribution in [0.4, 0.5) is 5.69 Å². The summed E-state index contributed by atoms with van der Waals surface area (Å²) in [6.45, 7) is 2.43. The Morgan fingerprint density at radius 3 is 2.62 bits per heavy atom. The number of nitrogens with zero attached hydrogens (tertiary/aromatic N) is 1. The van der Waals surface area contributed by atoms with Crippen LogP contribution in [0.15, 0.2) is 30.3 Å². The molecule has 16 heavy (non-hydrogen) atoms.